The molecule has 10 nitrogen and oxygen atoms in total. The molecule has 1 N–H and O–H groups in total. The van der Waals surface area contributed by atoms with Crippen LogP contribution in [0.15, 0.2) is 42.5 Å². The number of hydrogen-bond donors (Lipinski definition) is 1. The Kier molecular flexibility index (Phi) is 7.43. The first-order chi connectivity index (χ1) is 16.5. The van der Waals surface area contributed by atoms with Gasteiger partial charge in [0, 0.05) is 24.2 Å². The summed E-state index contributed by atoms with van der Waals surface area (Å²) in [6.45, 7) is 4.71. The van der Waals surface area contributed by atoms with Gasteiger partial charge in [0.05, 0.1) is 13.7 Å². The first kappa shape index (κ1) is 23.3. The van der Waals surface area contributed by atoms with Crippen molar-refractivity contribution in [3.05, 3.63) is 65.2 Å². The van der Waals surface area contributed by atoms with Crippen LogP contribution in [-0.4, -0.2) is 47.2 Å². The topological polar surface area (TPSA) is 113 Å². The number of aromatic nitrogens is 7. The van der Waals surface area contributed by atoms with Crippen molar-refractivity contribution in [1.29, 1.82) is 0 Å². The average molecular weight is 480 g/mol. The Morgan fingerprint density at radius 2 is 1.88 bits per heavy atom. The van der Waals surface area contributed by atoms with E-state index in [2.05, 4.69) is 30.6 Å². The molecule has 0 aliphatic rings. The highest BCUT2D eigenvalue weighted by molar-refractivity contribution is 7.79. The third-order valence-corrected chi connectivity index (χ3v) is 5.07. The van der Waals surface area contributed by atoms with Crippen molar-refractivity contribution >= 4 is 17.5 Å². The summed E-state index contributed by atoms with van der Waals surface area (Å²) in [7, 11) is 1.74. The maximum absolute atomic E-state index is 6.04. The molecule has 0 atom stereocenters. The number of thiocarbonyl (C=S) groups is 1. The van der Waals surface area contributed by atoms with Gasteiger partial charge in [-0.15, -0.1) is 10.2 Å². The summed E-state index contributed by atoms with van der Waals surface area (Å²) in [5.74, 6) is 3.35. The van der Waals surface area contributed by atoms with Crippen LogP contribution >= 0.6 is 12.2 Å². The molecule has 0 aliphatic heterocycles. The summed E-state index contributed by atoms with van der Waals surface area (Å²) >= 11 is 5.10. The fraction of sp³-hybridized carbons (Fsp3) is 0.304. The van der Waals surface area contributed by atoms with E-state index in [9.17, 15) is 0 Å². The smallest absolute Gasteiger partial charge is 0.358 e. The van der Waals surface area contributed by atoms with Crippen molar-refractivity contribution in [2.45, 2.75) is 33.3 Å². The maximum atomic E-state index is 6.04. The Morgan fingerprint density at radius 1 is 1.12 bits per heavy atom. The van der Waals surface area contributed by atoms with Crippen LogP contribution in [0.3, 0.4) is 0 Å². The van der Waals surface area contributed by atoms with E-state index in [0.29, 0.717) is 36.3 Å². The lowest BCUT2D eigenvalue weighted by Gasteiger charge is -2.13. The molecule has 4 rings (SSSR count). The Bertz CT molecular complexity index is 1230. The highest BCUT2D eigenvalue weighted by atomic mass is 32.1. The second-order valence-electron chi connectivity index (χ2n) is 7.65. The molecular weight excluding hydrogens is 454 g/mol. The first-order valence-electron chi connectivity index (χ1n) is 10.8. The standard InChI is InChI=1S/C23H25N7O3S/c1-15-12-17(22-27-29-30(3)28-22)13-16(2)21(15)31-11-7-10-19-24-20(26-25-19)14-32-23(34)33-18-8-5-4-6-9-18/h4-6,8-9,12-13H,7,10-11,14H2,1-3H3,(H,24,25,26). The molecule has 0 radical (unpaired) electrons. The molecule has 176 valence electrons. The minimum Gasteiger partial charge on any atom is -0.493 e. The first-order valence-corrected chi connectivity index (χ1v) is 11.2. The van der Waals surface area contributed by atoms with Gasteiger partial charge in [-0.25, -0.2) is 4.98 Å². The van der Waals surface area contributed by atoms with Crippen LogP contribution in [0.4, 0.5) is 0 Å². The highest BCUT2D eigenvalue weighted by Crippen LogP contribution is 2.28. The van der Waals surface area contributed by atoms with E-state index in [0.717, 1.165) is 28.9 Å². The number of ether oxygens (including phenoxy) is 3. The van der Waals surface area contributed by atoms with Crippen LogP contribution in [0, 0.1) is 13.8 Å². The Hall–Kier alpha value is -3.86. The Labute approximate surface area is 202 Å². The van der Waals surface area contributed by atoms with Gasteiger partial charge in [0.25, 0.3) is 0 Å². The minimum atomic E-state index is 0.0318. The third kappa shape index (κ3) is 6.13. The van der Waals surface area contributed by atoms with E-state index in [-0.39, 0.29) is 11.8 Å². The summed E-state index contributed by atoms with van der Waals surface area (Å²) in [5.41, 5.74) is 2.96. The molecule has 0 amide bonds. The van der Waals surface area contributed by atoms with Crippen LogP contribution < -0.4 is 9.47 Å². The average Bonchev–Trinajstić information content (AvgIpc) is 3.46. The van der Waals surface area contributed by atoms with Crippen molar-refractivity contribution in [1.82, 2.24) is 35.4 Å². The van der Waals surface area contributed by atoms with E-state index in [1.807, 2.05) is 44.2 Å². The fourth-order valence-corrected chi connectivity index (χ4v) is 3.52. The van der Waals surface area contributed by atoms with Crippen LogP contribution in [0.1, 0.15) is 29.2 Å². The predicted octanol–water partition coefficient (Wildman–Crippen LogP) is 3.50. The number of nitrogens with one attached hydrogen (secondary N) is 1. The van der Waals surface area contributed by atoms with Gasteiger partial charge in [-0.05, 0) is 60.9 Å². The molecule has 0 aliphatic carbocycles. The molecule has 0 bridgehead atoms. The number of rotatable bonds is 9. The van der Waals surface area contributed by atoms with Crippen molar-refractivity contribution in [2.24, 2.45) is 7.05 Å². The van der Waals surface area contributed by atoms with Crippen molar-refractivity contribution in [2.75, 3.05) is 6.61 Å². The number of aryl methyl sites for hydroxylation is 4. The number of benzene rings is 2. The molecule has 2 heterocycles. The zero-order valence-corrected chi connectivity index (χ0v) is 20.0. The molecule has 0 unspecified atom stereocenters. The Morgan fingerprint density at radius 3 is 2.59 bits per heavy atom. The van der Waals surface area contributed by atoms with Gasteiger partial charge >= 0.3 is 5.24 Å². The van der Waals surface area contributed by atoms with E-state index in [4.69, 9.17) is 26.4 Å². The zero-order valence-electron chi connectivity index (χ0n) is 19.2. The van der Waals surface area contributed by atoms with Gasteiger partial charge in [-0.1, -0.05) is 18.2 Å². The van der Waals surface area contributed by atoms with Gasteiger partial charge in [0.15, 0.2) is 18.3 Å². The van der Waals surface area contributed by atoms with Gasteiger partial charge < -0.3 is 14.2 Å². The highest BCUT2D eigenvalue weighted by Gasteiger charge is 2.12. The van der Waals surface area contributed by atoms with Crippen molar-refractivity contribution < 1.29 is 14.2 Å². The van der Waals surface area contributed by atoms with Crippen LogP contribution in [0.2, 0.25) is 0 Å². The molecular formula is C23H25N7O3S. The van der Waals surface area contributed by atoms with E-state index >= 15 is 0 Å². The number of hydrogen-bond acceptors (Lipinski definition) is 9. The van der Waals surface area contributed by atoms with Crippen LogP contribution in [0.5, 0.6) is 11.5 Å². The lowest BCUT2D eigenvalue weighted by molar-refractivity contribution is 0.230. The zero-order chi connectivity index (χ0) is 23.9. The summed E-state index contributed by atoms with van der Waals surface area (Å²) in [4.78, 5) is 5.87. The molecule has 4 aromatic rings. The van der Waals surface area contributed by atoms with E-state index < -0.39 is 0 Å². The van der Waals surface area contributed by atoms with Gasteiger partial charge in [0.1, 0.15) is 11.5 Å². The van der Waals surface area contributed by atoms with Crippen LogP contribution in [0.25, 0.3) is 11.4 Å². The largest absolute Gasteiger partial charge is 0.493 e. The molecule has 34 heavy (non-hydrogen) atoms. The fourth-order valence-electron chi connectivity index (χ4n) is 3.36. The van der Waals surface area contributed by atoms with Crippen LogP contribution in [-0.2, 0) is 24.8 Å². The number of H-pyrrole nitrogens is 1. The third-order valence-electron chi connectivity index (χ3n) is 4.87. The summed E-state index contributed by atoms with van der Waals surface area (Å²) in [6, 6.07) is 13.2. The Balaban J connectivity index is 1.22. The molecule has 2 aromatic carbocycles. The van der Waals surface area contributed by atoms with Gasteiger partial charge in [-0.2, -0.15) is 9.90 Å². The number of para-hydroxylation sites is 1. The quantitative estimate of drug-likeness (QED) is 0.285. The molecule has 2 aromatic heterocycles. The number of nitrogens with zero attached hydrogens (tertiary/aromatic N) is 6. The predicted molar refractivity (Wildman–Crippen MR) is 128 cm³/mol. The summed E-state index contributed by atoms with van der Waals surface area (Å²) in [5, 5.41) is 19.3. The second-order valence-corrected chi connectivity index (χ2v) is 7.98. The minimum absolute atomic E-state index is 0.0318. The monoisotopic (exact) mass is 479 g/mol. The second kappa shape index (κ2) is 10.8. The van der Waals surface area contributed by atoms with Crippen molar-refractivity contribution in [3.63, 3.8) is 0 Å². The SMILES string of the molecule is Cc1cc(-c2nnn(C)n2)cc(C)c1OCCCc1n[nH]c(COC(=S)Oc2ccccc2)n1. The maximum Gasteiger partial charge on any atom is 0.358 e. The molecule has 0 saturated heterocycles. The summed E-state index contributed by atoms with van der Waals surface area (Å²) < 4.78 is 16.9. The molecule has 11 heteroatoms. The normalized spacial score (nSPS) is 10.8. The molecule has 0 saturated carbocycles. The molecule has 0 fully saturated rings. The van der Waals surface area contributed by atoms with E-state index in [1.165, 1.54) is 4.80 Å². The molecule has 0 spiro atoms. The number of aromatic amines is 1. The van der Waals surface area contributed by atoms with Gasteiger partial charge in [-0.3, -0.25) is 5.10 Å². The lowest BCUT2D eigenvalue weighted by atomic mass is 10.1. The lowest BCUT2D eigenvalue weighted by Crippen LogP contribution is -2.10. The van der Waals surface area contributed by atoms with Gasteiger partial charge in [0.2, 0.25) is 5.82 Å². The van der Waals surface area contributed by atoms with E-state index in [1.54, 1.807) is 19.2 Å². The number of tetrazole rings is 1. The van der Waals surface area contributed by atoms with Crippen molar-refractivity contribution in [3.8, 4) is 22.9 Å². The summed E-state index contributed by atoms with van der Waals surface area (Å²) in [6.07, 6.45) is 1.43.